The summed E-state index contributed by atoms with van der Waals surface area (Å²) in [6.07, 6.45) is 1.64. The molecule has 1 aliphatic heterocycles. The van der Waals surface area contributed by atoms with Crippen LogP contribution in [0.4, 0.5) is 5.69 Å². The Hall–Kier alpha value is -4.08. The van der Waals surface area contributed by atoms with Crippen LogP contribution >= 0.6 is 0 Å². The Morgan fingerprint density at radius 1 is 1.06 bits per heavy atom. The van der Waals surface area contributed by atoms with E-state index in [2.05, 4.69) is 15.5 Å². The Kier molecular flexibility index (Phi) is 7.19. The number of carbonyl (C=O) groups excluding carboxylic acids is 2. The number of benzene rings is 2. The molecule has 1 N–H and O–H groups in total. The summed E-state index contributed by atoms with van der Waals surface area (Å²) in [6.45, 7) is 2.54. The highest BCUT2D eigenvalue weighted by Gasteiger charge is 2.30. The van der Waals surface area contributed by atoms with Gasteiger partial charge in [0.25, 0.3) is 5.91 Å². The molecule has 0 spiro atoms. The molecular formula is C25H28N4O6. The number of hydrogen-bond donors (Lipinski definition) is 1. The zero-order chi connectivity index (χ0) is 24.9. The minimum atomic E-state index is -0.137. The van der Waals surface area contributed by atoms with Crippen molar-refractivity contribution in [1.82, 2.24) is 15.0 Å². The largest absolute Gasteiger partial charge is 0.493 e. The van der Waals surface area contributed by atoms with Crippen LogP contribution in [0.5, 0.6) is 17.2 Å². The molecule has 1 atom stereocenters. The topological polar surface area (TPSA) is 116 Å². The average Bonchev–Trinajstić information content (AvgIpc) is 3.38. The lowest BCUT2D eigenvalue weighted by molar-refractivity contribution is -0.114. The predicted molar refractivity (Wildman–Crippen MR) is 128 cm³/mol. The average molecular weight is 481 g/mol. The lowest BCUT2D eigenvalue weighted by atomic mass is 9.97. The molecule has 1 unspecified atom stereocenters. The third-order valence-electron chi connectivity index (χ3n) is 5.87. The van der Waals surface area contributed by atoms with Crippen molar-refractivity contribution in [3.63, 3.8) is 0 Å². The summed E-state index contributed by atoms with van der Waals surface area (Å²) in [7, 11) is 4.55. The Labute approximate surface area is 203 Å². The summed E-state index contributed by atoms with van der Waals surface area (Å²) < 4.78 is 21.7. The van der Waals surface area contributed by atoms with Gasteiger partial charge in [0, 0.05) is 36.8 Å². The van der Waals surface area contributed by atoms with E-state index < -0.39 is 0 Å². The summed E-state index contributed by atoms with van der Waals surface area (Å²) in [4.78, 5) is 30.9. The van der Waals surface area contributed by atoms with Crippen LogP contribution in [0.25, 0.3) is 11.4 Å². The van der Waals surface area contributed by atoms with Gasteiger partial charge in [0.1, 0.15) is 0 Å². The molecular weight excluding hydrogens is 452 g/mol. The molecule has 3 aromatic rings. The molecule has 1 aromatic heterocycles. The van der Waals surface area contributed by atoms with Gasteiger partial charge < -0.3 is 29.0 Å². The molecule has 184 valence electrons. The summed E-state index contributed by atoms with van der Waals surface area (Å²) in [5, 5.41) is 6.85. The van der Waals surface area contributed by atoms with Crippen LogP contribution in [0, 0.1) is 0 Å². The van der Waals surface area contributed by atoms with Gasteiger partial charge in [-0.25, -0.2) is 0 Å². The van der Waals surface area contributed by atoms with Crippen molar-refractivity contribution in [1.29, 1.82) is 0 Å². The summed E-state index contributed by atoms with van der Waals surface area (Å²) in [5.41, 5.74) is 1.92. The molecule has 1 saturated heterocycles. The summed E-state index contributed by atoms with van der Waals surface area (Å²) in [5.74, 6) is 1.89. The Balaban J connectivity index is 1.50. The highest BCUT2D eigenvalue weighted by atomic mass is 16.5. The van der Waals surface area contributed by atoms with E-state index in [0.29, 0.717) is 53.3 Å². The fourth-order valence-electron chi connectivity index (χ4n) is 4.17. The van der Waals surface area contributed by atoms with Crippen LogP contribution < -0.4 is 19.5 Å². The first-order chi connectivity index (χ1) is 16.9. The van der Waals surface area contributed by atoms with E-state index in [1.54, 1.807) is 29.2 Å². The number of rotatable bonds is 7. The summed E-state index contributed by atoms with van der Waals surface area (Å²) >= 11 is 0. The zero-order valence-corrected chi connectivity index (χ0v) is 20.2. The van der Waals surface area contributed by atoms with Crippen LogP contribution in [0.3, 0.4) is 0 Å². The molecule has 0 saturated carbocycles. The molecule has 10 nitrogen and oxygen atoms in total. The first-order valence-corrected chi connectivity index (χ1v) is 11.2. The van der Waals surface area contributed by atoms with Crippen molar-refractivity contribution in [2.24, 2.45) is 0 Å². The maximum atomic E-state index is 13.3. The fraction of sp³-hybridized carbons (Fsp3) is 0.360. The first kappa shape index (κ1) is 24.1. The molecule has 4 rings (SSSR count). The van der Waals surface area contributed by atoms with E-state index in [0.717, 1.165) is 18.4 Å². The van der Waals surface area contributed by atoms with Crippen LogP contribution in [0.15, 0.2) is 40.9 Å². The molecule has 1 aliphatic rings. The monoisotopic (exact) mass is 480 g/mol. The van der Waals surface area contributed by atoms with Gasteiger partial charge in [-0.1, -0.05) is 5.16 Å². The van der Waals surface area contributed by atoms with Crippen molar-refractivity contribution in [3.05, 3.63) is 47.9 Å². The number of methoxy groups -OCH3 is 3. The molecule has 2 amide bonds. The van der Waals surface area contributed by atoms with E-state index in [-0.39, 0.29) is 17.7 Å². The minimum absolute atomic E-state index is 0.0744. The van der Waals surface area contributed by atoms with E-state index in [4.69, 9.17) is 18.7 Å². The Morgan fingerprint density at radius 3 is 2.34 bits per heavy atom. The second-order valence-corrected chi connectivity index (χ2v) is 8.22. The quantitative estimate of drug-likeness (QED) is 0.544. The molecule has 0 aliphatic carbocycles. The van der Waals surface area contributed by atoms with Gasteiger partial charge in [-0.15, -0.1) is 0 Å². The SMILES string of the molecule is COc1cc(C(=O)N2CCCC(c3nc(-c4ccc(NC(C)=O)cc4)no3)C2)cc(OC)c1OC. The first-order valence-electron chi connectivity index (χ1n) is 11.2. The number of likely N-dealkylation sites (tertiary alicyclic amines) is 1. The standard InChI is InChI=1S/C25H28N4O6/c1-15(30)26-19-9-7-16(8-10-19)23-27-24(35-28-23)17-6-5-11-29(14-17)25(31)18-12-20(32-2)22(34-4)21(13-18)33-3/h7-10,12-13,17H,5-6,11,14H2,1-4H3,(H,26,30). The van der Waals surface area contributed by atoms with E-state index in [1.165, 1.54) is 28.3 Å². The zero-order valence-electron chi connectivity index (χ0n) is 20.2. The Bertz CT molecular complexity index is 1180. The van der Waals surface area contributed by atoms with Gasteiger partial charge in [-0.3, -0.25) is 9.59 Å². The number of nitrogens with one attached hydrogen (secondary N) is 1. The lowest BCUT2D eigenvalue weighted by Gasteiger charge is -2.31. The van der Waals surface area contributed by atoms with E-state index in [9.17, 15) is 9.59 Å². The van der Waals surface area contributed by atoms with Gasteiger partial charge in [0.15, 0.2) is 11.5 Å². The molecule has 1 fully saturated rings. The van der Waals surface area contributed by atoms with Gasteiger partial charge in [-0.05, 0) is 49.2 Å². The highest BCUT2D eigenvalue weighted by Crippen LogP contribution is 2.39. The Morgan fingerprint density at radius 2 is 1.74 bits per heavy atom. The number of nitrogens with zero attached hydrogens (tertiary/aromatic N) is 3. The number of anilines is 1. The van der Waals surface area contributed by atoms with Crippen LogP contribution in [0.1, 0.15) is 41.9 Å². The maximum absolute atomic E-state index is 13.3. The van der Waals surface area contributed by atoms with Crippen molar-refractivity contribution in [3.8, 4) is 28.6 Å². The van der Waals surface area contributed by atoms with Gasteiger partial charge in [0.2, 0.25) is 23.4 Å². The normalized spacial score (nSPS) is 15.4. The summed E-state index contributed by atoms with van der Waals surface area (Å²) in [6, 6.07) is 10.5. The molecule has 35 heavy (non-hydrogen) atoms. The maximum Gasteiger partial charge on any atom is 0.254 e. The van der Waals surface area contributed by atoms with E-state index in [1.807, 2.05) is 12.1 Å². The fourth-order valence-corrected chi connectivity index (χ4v) is 4.17. The van der Waals surface area contributed by atoms with Crippen LogP contribution in [-0.2, 0) is 4.79 Å². The number of ether oxygens (including phenoxy) is 3. The van der Waals surface area contributed by atoms with Crippen molar-refractivity contribution in [2.45, 2.75) is 25.7 Å². The highest BCUT2D eigenvalue weighted by molar-refractivity contribution is 5.95. The van der Waals surface area contributed by atoms with Crippen LogP contribution in [-0.4, -0.2) is 61.3 Å². The molecule has 2 aromatic carbocycles. The van der Waals surface area contributed by atoms with Crippen molar-refractivity contribution < 1.29 is 28.3 Å². The smallest absolute Gasteiger partial charge is 0.254 e. The minimum Gasteiger partial charge on any atom is -0.493 e. The number of hydrogen-bond acceptors (Lipinski definition) is 8. The van der Waals surface area contributed by atoms with E-state index >= 15 is 0 Å². The molecule has 10 heteroatoms. The van der Waals surface area contributed by atoms with Crippen LogP contribution in [0.2, 0.25) is 0 Å². The molecule has 0 bridgehead atoms. The third-order valence-corrected chi connectivity index (χ3v) is 5.87. The lowest BCUT2D eigenvalue weighted by Crippen LogP contribution is -2.39. The van der Waals surface area contributed by atoms with Crippen molar-refractivity contribution >= 4 is 17.5 Å². The molecule has 2 heterocycles. The van der Waals surface area contributed by atoms with Gasteiger partial charge >= 0.3 is 0 Å². The van der Waals surface area contributed by atoms with Gasteiger partial charge in [0.05, 0.1) is 27.2 Å². The van der Waals surface area contributed by atoms with Gasteiger partial charge in [-0.2, -0.15) is 4.98 Å². The van der Waals surface area contributed by atoms with Crippen molar-refractivity contribution in [2.75, 3.05) is 39.7 Å². The molecule has 0 radical (unpaired) electrons. The number of aromatic nitrogens is 2. The third kappa shape index (κ3) is 5.21. The second-order valence-electron chi connectivity index (χ2n) is 8.22. The predicted octanol–water partition coefficient (Wildman–Crippen LogP) is 3.74. The second kappa shape index (κ2) is 10.5. The number of piperidine rings is 1. The number of carbonyl (C=O) groups is 2. The number of amides is 2.